The quantitative estimate of drug-likeness (QED) is 0.832. The number of nitrogens with one attached hydrogen (secondary N) is 2. The molecule has 138 valence electrons. The van der Waals surface area contributed by atoms with Crippen LogP contribution in [-0.2, 0) is 4.79 Å². The van der Waals surface area contributed by atoms with Crippen LogP contribution in [0.4, 0.5) is 0 Å². The molecule has 25 heavy (non-hydrogen) atoms. The van der Waals surface area contributed by atoms with E-state index >= 15 is 0 Å². The lowest BCUT2D eigenvalue weighted by Gasteiger charge is -2.27. The van der Waals surface area contributed by atoms with E-state index in [0.717, 1.165) is 38.0 Å². The molecular formula is C20H31N3O2. The molecular weight excluding hydrogens is 314 g/mol. The molecule has 1 amide bonds. The van der Waals surface area contributed by atoms with Crippen LogP contribution in [0.1, 0.15) is 58.1 Å². The molecule has 0 spiro atoms. The Labute approximate surface area is 151 Å². The number of carbonyl (C=O) groups excluding carboxylic acids is 1. The molecule has 2 aliphatic rings. The molecule has 3 atom stereocenters. The van der Waals surface area contributed by atoms with Gasteiger partial charge >= 0.3 is 0 Å². The third-order valence-electron chi connectivity index (χ3n) is 5.15. The molecule has 5 nitrogen and oxygen atoms in total. The van der Waals surface area contributed by atoms with E-state index in [1.165, 1.54) is 5.56 Å². The third kappa shape index (κ3) is 4.33. The van der Waals surface area contributed by atoms with Crippen LogP contribution in [0.25, 0.3) is 0 Å². The zero-order valence-corrected chi connectivity index (χ0v) is 15.6. The lowest BCUT2D eigenvalue weighted by molar-refractivity contribution is -0.134. The summed E-state index contributed by atoms with van der Waals surface area (Å²) in [4.78, 5) is 15.1. The van der Waals surface area contributed by atoms with Gasteiger partial charge in [0.15, 0.2) is 0 Å². The molecule has 1 aromatic carbocycles. The summed E-state index contributed by atoms with van der Waals surface area (Å²) in [7, 11) is 0. The highest BCUT2D eigenvalue weighted by Crippen LogP contribution is 2.34. The van der Waals surface area contributed by atoms with Crippen LogP contribution in [0, 0.1) is 5.92 Å². The molecule has 0 aliphatic carbocycles. The van der Waals surface area contributed by atoms with Crippen molar-refractivity contribution in [1.29, 1.82) is 0 Å². The van der Waals surface area contributed by atoms with Gasteiger partial charge in [-0.3, -0.25) is 10.2 Å². The zero-order chi connectivity index (χ0) is 17.8. The van der Waals surface area contributed by atoms with Crippen LogP contribution in [0.5, 0.6) is 5.75 Å². The van der Waals surface area contributed by atoms with E-state index in [2.05, 4.69) is 41.7 Å². The fourth-order valence-electron chi connectivity index (χ4n) is 4.04. The Hall–Kier alpha value is -1.59. The van der Waals surface area contributed by atoms with E-state index in [-0.39, 0.29) is 18.0 Å². The second-order valence-corrected chi connectivity index (χ2v) is 7.60. The minimum atomic E-state index is -0.105. The molecule has 3 unspecified atom stereocenters. The number of likely N-dealkylation sites (tertiary alicyclic amines) is 1. The van der Waals surface area contributed by atoms with Gasteiger partial charge in [-0.1, -0.05) is 26.0 Å². The van der Waals surface area contributed by atoms with Crippen LogP contribution >= 0.6 is 0 Å². The third-order valence-corrected chi connectivity index (χ3v) is 5.15. The normalized spacial score (nSPS) is 26.4. The van der Waals surface area contributed by atoms with E-state index in [1.807, 2.05) is 19.1 Å². The van der Waals surface area contributed by atoms with Gasteiger partial charge in [0.1, 0.15) is 11.8 Å². The van der Waals surface area contributed by atoms with Crippen molar-refractivity contribution in [1.82, 2.24) is 15.8 Å². The summed E-state index contributed by atoms with van der Waals surface area (Å²) < 4.78 is 5.52. The number of benzene rings is 1. The number of hydrogen-bond acceptors (Lipinski definition) is 4. The van der Waals surface area contributed by atoms with Crippen molar-refractivity contribution in [3.63, 3.8) is 0 Å². The fourth-order valence-corrected chi connectivity index (χ4v) is 4.04. The lowest BCUT2D eigenvalue weighted by Crippen LogP contribution is -2.45. The molecule has 5 heteroatoms. The van der Waals surface area contributed by atoms with E-state index in [0.29, 0.717) is 18.6 Å². The molecule has 3 rings (SSSR count). The van der Waals surface area contributed by atoms with Crippen molar-refractivity contribution in [3.8, 4) is 5.75 Å². The Balaban J connectivity index is 1.64. The first kappa shape index (κ1) is 18.2. The van der Waals surface area contributed by atoms with Crippen molar-refractivity contribution in [3.05, 3.63) is 29.8 Å². The summed E-state index contributed by atoms with van der Waals surface area (Å²) in [5.74, 6) is 1.76. The number of hydrogen-bond donors (Lipinski definition) is 2. The molecule has 2 heterocycles. The Kier molecular flexibility index (Phi) is 5.97. The summed E-state index contributed by atoms with van der Waals surface area (Å²) >= 11 is 0. The van der Waals surface area contributed by atoms with Gasteiger partial charge in [-0.15, -0.1) is 0 Å². The predicted octanol–water partition coefficient (Wildman–Crippen LogP) is 3.03. The Morgan fingerprint density at radius 1 is 1.28 bits per heavy atom. The fraction of sp³-hybridized carbons (Fsp3) is 0.650. The molecule has 0 radical (unpaired) electrons. The van der Waals surface area contributed by atoms with Crippen molar-refractivity contribution in [2.45, 2.75) is 64.6 Å². The SMILES string of the molecule is CCOc1ccc(C2CCCN2C(=O)C2CC(CC(C)C)NN2)cc1. The van der Waals surface area contributed by atoms with Crippen molar-refractivity contribution >= 4 is 5.91 Å². The van der Waals surface area contributed by atoms with Crippen LogP contribution in [0.3, 0.4) is 0 Å². The first-order valence-corrected chi connectivity index (χ1v) is 9.62. The standard InChI is InChI=1S/C20H31N3O2/c1-4-25-17-9-7-15(8-10-17)19-6-5-11-23(19)20(24)18-13-16(21-22-18)12-14(2)3/h7-10,14,16,18-19,21-22H,4-6,11-13H2,1-3H3. The van der Waals surface area contributed by atoms with E-state index in [4.69, 9.17) is 4.74 Å². The van der Waals surface area contributed by atoms with Gasteiger partial charge in [0.05, 0.1) is 12.6 Å². The number of nitrogens with zero attached hydrogens (tertiary/aromatic N) is 1. The minimum Gasteiger partial charge on any atom is -0.494 e. The maximum Gasteiger partial charge on any atom is 0.241 e. The number of carbonyl (C=O) groups is 1. The van der Waals surface area contributed by atoms with Crippen LogP contribution in [-0.4, -0.2) is 36.0 Å². The smallest absolute Gasteiger partial charge is 0.241 e. The average Bonchev–Trinajstić information content (AvgIpc) is 3.24. The van der Waals surface area contributed by atoms with Gasteiger partial charge in [-0.25, -0.2) is 5.43 Å². The summed E-state index contributed by atoms with van der Waals surface area (Å²) in [5.41, 5.74) is 7.74. The maximum atomic E-state index is 13.0. The van der Waals surface area contributed by atoms with Gasteiger partial charge in [-0.05, 0) is 56.2 Å². The molecule has 2 fully saturated rings. The van der Waals surface area contributed by atoms with Crippen LogP contribution < -0.4 is 15.6 Å². The van der Waals surface area contributed by atoms with Gasteiger partial charge in [-0.2, -0.15) is 0 Å². The van der Waals surface area contributed by atoms with E-state index < -0.39 is 0 Å². The molecule has 1 aromatic rings. The summed E-state index contributed by atoms with van der Waals surface area (Å²) in [6.45, 7) is 7.95. The zero-order valence-electron chi connectivity index (χ0n) is 15.6. The number of amides is 1. The van der Waals surface area contributed by atoms with Gasteiger partial charge < -0.3 is 9.64 Å². The van der Waals surface area contributed by atoms with Crippen LogP contribution in [0.2, 0.25) is 0 Å². The van der Waals surface area contributed by atoms with Crippen molar-refractivity contribution in [2.75, 3.05) is 13.2 Å². The minimum absolute atomic E-state index is 0.105. The Morgan fingerprint density at radius 2 is 2.04 bits per heavy atom. The average molecular weight is 345 g/mol. The largest absolute Gasteiger partial charge is 0.494 e. The predicted molar refractivity (Wildman–Crippen MR) is 99.2 cm³/mol. The van der Waals surface area contributed by atoms with Crippen LogP contribution in [0.15, 0.2) is 24.3 Å². The second kappa shape index (κ2) is 8.19. The van der Waals surface area contributed by atoms with E-state index in [1.54, 1.807) is 0 Å². The Bertz CT molecular complexity index is 573. The summed E-state index contributed by atoms with van der Waals surface area (Å²) in [5, 5.41) is 0. The summed E-state index contributed by atoms with van der Waals surface area (Å²) in [6.07, 6.45) is 4.08. The van der Waals surface area contributed by atoms with E-state index in [9.17, 15) is 4.79 Å². The highest BCUT2D eigenvalue weighted by molar-refractivity contribution is 5.83. The molecule has 2 N–H and O–H groups in total. The first-order valence-electron chi connectivity index (χ1n) is 9.62. The molecule has 2 saturated heterocycles. The van der Waals surface area contributed by atoms with Gasteiger partial charge in [0, 0.05) is 12.6 Å². The first-order chi connectivity index (χ1) is 12.1. The van der Waals surface area contributed by atoms with Crippen molar-refractivity contribution in [2.24, 2.45) is 5.92 Å². The lowest BCUT2D eigenvalue weighted by atomic mass is 9.99. The molecule has 2 aliphatic heterocycles. The second-order valence-electron chi connectivity index (χ2n) is 7.60. The molecule has 0 aromatic heterocycles. The number of rotatable bonds is 6. The van der Waals surface area contributed by atoms with Crippen molar-refractivity contribution < 1.29 is 9.53 Å². The highest BCUT2D eigenvalue weighted by Gasteiger charge is 2.37. The topological polar surface area (TPSA) is 53.6 Å². The molecule has 0 bridgehead atoms. The monoisotopic (exact) mass is 345 g/mol. The highest BCUT2D eigenvalue weighted by atomic mass is 16.5. The van der Waals surface area contributed by atoms with Gasteiger partial charge in [0.2, 0.25) is 5.91 Å². The van der Waals surface area contributed by atoms with Gasteiger partial charge in [0.25, 0.3) is 0 Å². The number of hydrazine groups is 1. The summed E-state index contributed by atoms with van der Waals surface area (Å²) in [6, 6.07) is 8.69. The number of ether oxygens (including phenoxy) is 1. The molecule has 0 saturated carbocycles. The maximum absolute atomic E-state index is 13.0. The Morgan fingerprint density at radius 3 is 2.72 bits per heavy atom.